The van der Waals surface area contributed by atoms with Crippen LogP contribution < -0.4 is 0 Å². The van der Waals surface area contributed by atoms with Crippen molar-refractivity contribution in [3.8, 4) is 115 Å². The van der Waals surface area contributed by atoms with E-state index < -0.39 is 69.0 Å². The lowest BCUT2D eigenvalue weighted by atomic mass is 9.80. The van der Waals surface area contributed by atoms with Crippen LogP contribution in [0.4, 0.5) is 0 Å². The molecule has 24 heteroatoms. The second-order valence-corrected chi connectivity index (χ2v) is 22.5. The van der Waals surface area contributed by atoms with Gasteiger partial charge in [0.25, 0.3) is 0 Å². The average Bonchev–Trinajstić information content (AvgIpc) is 1.97. The third-order valence-corrected chi connectivity index (χ3v) is 15.5. The van der Waals surface area contributed by atoms with E-state index in [4.69, 9.17) is 18.9 Å². The van der Waals surface area contributed by atoms with E-state index >= 15 is 0 Å². The van der Waals surface area contributed by atoms with Gasteiger partial charge >= 0.3 is 0 Å². The lowest BCUT2D eigenvalue weighted by Crippen LogP contribution is -2.25. The van der Waals surface area contributed by atoms with Crippen LogP contribution in [0.25, 0.3) is 0 Å². The third-order valence-electron chi connectivity index (χ3n) is 15.5. The van der Waals surface area contributed by atoms with Crippen molar-refractivity contribution in [2.75, 3.05) is 26.4 Å². The molecule has 8 rings (SSSR count). The molecule has 0 aliphatic heterocycles. The molecule has 0 bridgehead atoms. The Balaban J connectivity index is 0.000000261. The monoisotopic (exact) mass is 1280 g/mol. The summed E-state index contributed by atoms with van der Waals surface area (Å²) in [6, 6.07) is 28.6. The molecule has 92 heavy (non-hydrogen) atoms. The second-order valence-electron chi connectivity index (χ2n) is 22.5. The molecular formula is C68H76O24. The third kappa shape index (κ3) is 19.8. The fourth-order valence-electron chi connectivity index (χ4n) is 10.6. The van der Waals surface area contributed by atoms with E-state index in [1.807, 2.05) is 0 Å². The Morgan fingerprint density at radius 1 is 0.217 bits per heavy atom. The molecule has 492 valence electrons. The minimum Gasteiger partial charge on any atom is -0.504 e. The van der Waals surface area contributed by atoms with E-state index in [9.17, 15) is 102 Å². The Hall–Kier alpha value is -10.4. The van der Waals surface area contributed by atoms with Gasteiger partial charge in [-0.3, -0.25) is 0 Å². The molecule has 8 aromatic carbocycles. The molecule has 8 aromatic rings. The highest BCUT2D eigenvalue weighted by atomic mass is 16.5. The first-order chi connectivity index (χ1) is 43.8. The summed E-state index contributed by atoms with van der Waals surface area (Å²) in [6.07, 6.45) is 4.12. The Morgan fingerprint density at radius 3 is 0.652 bits per heavy atom. The molecule has 0 spiro atoms. The lowest BCUT2D eigenvalue weighted by Gasteiger charge is -2.28. The molecule has 24 nitrogen and oxygen atoms in total. The Kier molecular flexibility index (Phi) is 24.3. The van der Waals surface area contributed by atoms with Crippen molar-refractivity contribution in [2.45, 2.75) is 77.8 Å². The molecule has 0 unspecified atom stereocenters. The predicted molar refractivity (Wildman–Crippen MR) is 331 cm³/mol. The normalized spacial score (nSPS) is 12.6. The van der Waals surface area contributed by atoms with E-state index in [1.54, 1.807) is 24.3 Å². The van der Waals surface area contributed by atoms with Gasteiger partial charge in [-0.2, -0.15) is 0 Å². The first-order valence-electron chi connectivity index (χ1n) is 29.1. The number of ether oxygens (including phenoxy) is 4. The van der Waals surface area contributed by atoms with Crippen molar-refractivity contribution in [3.05, 3.63) is 166 Å². The van der Waals surface area contributed by atoms with Crippen LogP contribution in [-0.2, 0) is 71.1 Å². The minimum absolute atomic E-state index is 0.000870. The number of benzene rings is 8. The topological polar surface area (TPSA) is 442 Å². The van der Waals surface area contributed by atoms with Gasteiger partial charge in [0.2, 0.25) is 0 Å². The highest BCUT2D eigenvalue weighted by Gasteiger charge is 2.27. The van der Waals surface area contributed by atoms with Crippen LogP contribution in [-0.4, -0.2) is 129 Å². The predicted octanol–water partition coefficient (Wildman–Crippen LogP) is 9.95. The lowest BCUT2D eigenvalue weighted by molar-refractivity contribution is 0.0578. The molecule has 0 radical (unpaired) electrons. The molecule has 0 fully saturated rings. The van der Waals surface area contributed by atoms with Crippen LogP contribution in [0.5, 0.6) is 115 Å². The van der Waals surface area contributed by atoms with Gasteiger partial charge in [0, 0.05) is 13.2 Å². The van der Waals surface area contributed by atoms with Gasteiger partial charge in [-0.15, -0.1) is 0 Å². The van der Waals surface area contributed by atoms with Crippen molar-refractivity contribution in [3.63, 3.8) is 0 Å². The number of hydrogen-bond acceptors (Lipinski definition) is 24. The fourth-order valence-corrected chi connectivity index (χ4v) is 10.6. The average molecular weight is 1280 g/mol. The maximum Gasteiger partial charge on any atom is 0.200 e. The summed E-state index contributed by atoms with van der Waals surface area (Å²) >= 11 is 0. The number of phenolic OH excluding ortho intramolecular Hbond substituents is 20. The Labute approximate surface area is 527 Å². The Morgan fingerprint density at radius 2 is 0.424 bits per heavy atom. The number of phenols is 20. The molecule has 0 aliphatic carbocycles. The van der Waals surface area contributed by atoms with Crippen LogP contribution >= 0.6 is 0 Å². The quantitative estimate of drug-likeness (QED) is 0.0147. The van der Waals surface area contributed by atoms with Gasteiger partial charge in [-0.25, -0.2) is 0 Å². The zero-order chi connectivity index (χ0) is 66.8. The van der Waals surface area contributed by atoms with E-state index in [2.05, 4.69) is 0 Å². The zero-order valence-corrected chi connectivity index (χ0v) is 49.7. The summed E-state index contributed by atoms with van der Waals surface area (Å²) in [5.74, 6) is -8.98. The standard InChI is InChI=1S/2C34H38O12/c2*35-25-5-3-19(10-27(25)37)8-23(2-1-7-45-16-21-12-29(39)33(43)30(40)13-21)24(9-20-4-6-26(36)28(38)11-20)18-46-17-22-14-31(41)34(44)32(42)15-22/h2*3-6,10-15,23-24,35-44H,1-2,7-9,16-18H2/t2*23-,24+/m10/s1. The molecule has 0 aliphatic rings. The van der Waals surface area contributed by atoms with Gasteiger partial charge in [-0.05, 0) is 217 Å². The van der Waals surface area contributed by atoms with Crippen LogP contribution in [0, 0.1) is 23.7 Å². The van der Waals surface area contributed by atoms with Crippen molar-refractivity contribution in [2.24, 2.45) is 23.7 Å². The fraction of sp³-hybridized carbons (Fsp3) is 0.294. The molecule has 0 heterocycles. The van der Waals surface area contributed by atoms with Crippen LogP contribution in [0.3, 0.4) is 0 Å². The molecule has 0 saturated carbocycles. The van der Waals surface area contributed by atoms with E-state index in [-0.39, 0.29) is 109 Å². The van der Waals surface area contributed by atoms with Crippen LogP contribution in [0.1, 0.15) is 70.2 Å². The molecule has 0 aromatic heterocycles. The molecule has 0 saturated heterocycles. The number of rotatable bonds is 30. The Bertz CT molecular complexity index is 3420. The van der Waals surface area contributed by atoms with Gasteiger partial charge in [0.1, 0.15) is 0 Å². The first-order valence-corrected chi connectivity index (χ1v) is 29.1. The van der Waals surface area contributed by atoms with Gasteiger partial charge in [-0.1, -0.05) is 24.3 Å². The van der Waals surface area contributed by atoms with Gasteiger partial charge < -0.3 is 121 Å². The molecule has 0 amide bonds. The maximum atomic E-state index is 10.1. The summed E-state index contributed by atoms with van der Waals surface area (Å²) < 4.78 is 23.6. The smallest absolute Gasteiger partial charge is 0.200 e. The zero-order valence-electron chi connectivity index (χ0n) is 49.7. The second kappa shape index (κ2) is 32.4. The molecule has 20 N–H and O–H groups in total. The first kappa shape index (κ1) is 69.1. The SMILES string of the molecule is Oc1ccc(C[C@@H](CCCOCc2cc(O)c(O)c(O)c2)[C@H](COCc2cc(O)c(O)c(O)c2)Cc2ccc(O)c(O)c2)cc1O.Oc1ccc(C[C@H](CCCOCc2cc(O)c(O)c(O)c2)[C@@H](COCc2cc(O)c(O)c(O)c2)Cc2ccc(O)c(O)c2)cc1O. The van der Waals surface area contributed by atoms with Crippen molar-refractivity contribution in [1.82, 2.24) is 0 Å². The van der Waals surface area contributed by atoms with Crippen molar-refractivity contribution >= 4 is 0 Å². The minimum atomic E-state index is -0.632. The summed E-state index contributed by atoms with van der Waals surface area (Å²) in [4.78, 5) is 0. The van der Waals surface area contributed by atoms with Gasteiger partial charge in [0.05, 0.1) is 39.6 Å². The summed E-state index contributed by atoms with van der Waals surface area (Å²) in [5, 5.41) is 197. The van der Waals surface area contributed by atoms with Crippen LogP contribution in [0.2, 0.25) is 0 Å². The highest BCUT2D eigenvalue weighted by molar-refractivity contribution is 5.54. The molecular weight excluding hydrogens is 1200 g/mol. The van der Waals surface area contributed by atoms with Gasteiger partial charge in [0.15, 0.2) is 115 Å². The maximum absolute atomic E-state index is 10.1. The van der Waals surface area contributed by atoms with E-state index in [0.29, 0.717) is 86.8 Å². The van der Waals surface area contributed by atoms with E-state index in [0.717, 1.165) is 22.3 Å². The molecule has 4 atom stereocenters. The largest absolute Gasteiger partial charge is 0.504 e. The summed E-state index contributed by atoms with van der Waals surface area (Å²) in [6.45, 7) is 1.13. The van der Waals surface area contributed by atoms with Crippen molar-refractivity contribution in [1.29, 1.82) is 0 Å². The van der Waals surface area contributed by atoms with Crippen molar-refractivity contribution < 1.29 is 121 Å². The number of aromatic hydroxyl groups is 20. The summed E-state index contributed by atoms with van der Waals surface area (Å²) in [7, 11) is 0. The highest BCUT2D eigenvalue weighted by Crippen LogP contribution is 2.41. The van der Waals surface area contributed by atoms with Crippen LogP contribution in [0.15, 0.2) is 121 Å². The van der Waals surface area contributed by atoms with E-state index in [1.165, 1.54) is 97.1 Å². The number of hydrogen-bond donors (Lipinski definition) is 20. The summed E-state index contributed by atoms with van der Waals surface area (Å²) in [5.41, 5.74) is 4.74.